The van der Waals surface area contributed by atoms with E-state index in [9.17, 15) is 9.59 Å². The van der Waals surface area contributed by atoms with Gasteiger partial charge in [0.05, 0.1) is 11.1 Å². The van der Waals surface area contributed by atoms with Crippen LogP contribution < -0.4 is 5.73 Å². The first kappa shape index (κ1) is 17.1. The van der Waals surface area contributed by atoms with Crippen molar-refractivity contribution >= 4 is 11.8 Å². The molecular formula is C17H24N4O2. The molecule has 0 aliphatic carbocycles. The number of likely N-dealkylation sites (tertiary alicyclic amines) is 1. The number of hydrogen-bond acceptors (Lipinski definition) is 4. The molecule has 1 aromatic heterocycles. The number of aryl methyl sites for hydroxylation is 1. The van der Waals surface area contributed by atoms with E-state index in [0.717, 1.165) is 31.4 Å². The zero-order chi connectivity index (χ0) is 16.9. The summed E-state index contributed by atoms with van der Waals surface area (Å²) in [5, 5.41) is 0. The number of amides is 2. The van der Waals surface area contributed by atoms with Crippen LogP contribution in [0.4, 0.5) is 0 Å². The molecule has 1 unspecified atom stereocenters. The molecule has 1 atom stereocenters. The summed E-state index contributed by atoms with van der Waals surface area (Å²) in [6.07, 6.45) is 8.72. The standard InChI is InChI=1S/C17H24N4O2/c1-13(2)15(22)21-10-4-7-17(12-21,16(18)23)6-3-5-14-11-19-8-9-20-14/h8-9,11H,1,3-7,10,12H2,2H3,(H2,18,23). The maximum atomic E-state index is 12.2. The van der Waals surface area contributed by atoms with E-state index < -0.39 is 5.41 Å². The van der Waals surface area contributed by atoms with Crippen LogP contribution >= 0.6 is 0 Å². The van der Waals surface area contributed by atoms with Crippen molar-refractivity contribution in [3.8, 4) is 0 Å². The molecule has 2 N–H and O–H groups in total. The van der Waals surface area contributed by atoms with Crippen LogP contribution in [0.5, 0.6) is 0 Å². The van der Waals surface area contributed by atoms with Crippen LogP contribution in [-0.2, 0) is 16.0 Å². The Balaban J connectivity index is 2.02. The summed E-state index contributed by atoms with van der Waals surface area (Å²) in [5.41, 5.74) is 6.44. The molecule has 2 heterocycles. The third-order valence-corrected chi connectivity index (χ3v) is 4.46. The number of nitrogens with zero attached hydrogens (tertiary/aromatic N) is 3. The molecule has 2 amide bonds. The molecule has 1 aromatic rings. The molecule has 6 heteroatoms. The number of nitrogens with two attached hydrogens (primary N) is 1. The van der Waals surface area contributed by atoms with Gasteiger partial charge in [0.15, 0.2) is 0 Å². The van der Waals surface area contributed by atoms with E-state index in [4.69, 9.17) is 5.73 Å². The third kappa shape index (κ3) is 4.15. The summed E-state index contributed by atoms with van der Waals surface area (Å²) in [6.45, 7) is 6.43. The first-order valence-electron chi connectivity index (χ1n) is 7.94. The molecule has 0 radical (unpaired) electrons. The van der Waals surface area contributed by atoms with Gasteiger partial charge in [-0.15, -0.1) is 0 Å². The Morgan fingerprint density at radius 2 is 2.22 bits per heavy atom. The number of hydrogen-bond donors (Lipinski definition) is 1. The van der Waals surface area contributed by atoms with Gasteiger partial charge in [-0.3, -0.25) is 19.6 Å². The van der Waals surface area contributed by atoms with Gasteiger partial charge < -0.3 is 10.6 Å². The van der Waals surface area contributed by atoms with E-state index in [1.165, 1.54) is 0 Å². The van der Waals surface area contributed by atoms with Gasteiger partial charge in [-0.05, 0) is 39.0 Å². The molecule has 23 heavy (non-hydrogen) atoms. The number of rotatable bonds is 6. The van der Waals surface area contributed by atoms with Crippen molar-refractivity contribution in [2.75, 3.05) is 13.1 Å². The first-order chi connectivity index (χ1) is 10.9. The van der Waals surface area contributed by atoms with Crippen molar-refractivity contribution < 1.29 is 9.59 Å². The highest BCUT2D eigenvalue weighted by molar-refractivity contribution is 5.93. The zero-order valence-corrected chi connectivity index (χ0v) is 13.6. The highest BCUT2D eigenvalue weighted by Crippen LogP contribution is 2.35. The Hall–Kier alpha value is -2.24. The monoisotopic (exact) mass is 316 g/mol. The van der Waals surface area contributed by atoms with E-state index in [0.29, 0.717) is 25.1 Å². The SMILES string of the molecule is C=C(C)C(=O)N1CCCC(CCCc2cnccn2)(C(N)=O)C1. The summed E-state index contributed by atoms with van der Waals surface area (Å²) in [6, 6.07) is 0. The molecule has 124 valence electrons. The maximum Gasteiger partial charge on any atom is 0.248 e. The lowest BCUT2D eigenvalue weighted by molar-refractivity contribution is -0.138. The summed E-state index contributed by atoms with van der Waals surface area (Å²) >= 11 is 0. The van der Waals surface area contributed by atoms with E-state index in [1.54, 1.807) is 30.4 Å². The lowest BCUT2D eigenvalue weighted by atomic mass is 9.75. The van der Waals surface area contributed by atoms with Gasteiger partial charge in [-0.25, -0.2) is 0 Å². The van der Waals surface area contributed by atoms with E-state index >= 15 is 0 Å². The largest absolute Gasteiger partial charge is 0.369 e. The molecular weight excluding hydrogens is 292 g/mol. The summed E-state index contributed by atoms with van der Waals surface area (Å²) in [5.74, 6) is -0.417. The molecule has 0 spiro atoms. The number of carbonyl (C=O) groups excluding carboxylic acids is 2. The van der Waals surface area contributed by atoms with E-state index in [1.807, 2.05) is 0 Å². The number of aromatic nitrogens is 2. The highest BCUT2D eigenvalue weighted by atomic mass is 16.2. The Labute approximate surface area is 136 Å². The fourth-order valence-corrected chi connectivity index (χ4v) is 3.17. The fourth-order valence-electron chi connectivity index (χ4n) is 3.17. The maximum absolute atomic E-state index is 12.2. The molecule has 1 saturated heterocycles. The number of primary amides is 1. The summed E-state index contributed by atoms with van der Waals surface area (Å²) < 4.78 is 0. The lowest BCUT2D eigenvalue weighted by Crippen LogP contribution is -2.52. The fraction of sp³-hybridized carbons (Fsp3) is 0.529. The smallest absolute Gasteiger partial charge is 0.248 e. The van der Waals surface area contributed by atoms with Crippen molar-refractivity contribution in [3.05, 3.63) is 36.4 Å². The van der Waals surface area contributed by atoms with Crippen molar-refractivity contribution in [1.82, 2.24) is 14.9 Å². The van der Waals surface area contributed by atoms with Gasteiger partial charge >= 0.3 is 0 Å². The van der Waals surface area contributed by atoms with Crippen molar-refractivity contribution in [2.24, 2.45) is 11.1 Å². The Morgan fingerprint density at radius 3 is 2.83 bits per heavy atom. The second-order valence-electron chi connectivity index (χ2n) is 6.31. The molecule has 0 bridgehead atoms. The van der Waals surface area contributed by atoms with Crippen LogP contribution in [-0.4, -0.2) is 39.8 Å². The number of carbonyl (C=O) groups is 2. The molecule has 0 saturated carbocycles. The molecule has 1 aliphatic rings. The Bertz CT molecular complexity index is 588. The topological polar surface area (TPSA) is 89.2 Å². The molecule has 6 nitrogen and oxygen atoms in total. The number of piperidine rings is 1. The molecule has 1 fully saturated rings. The van der Waals surface area contributed by atoms with Gasteiger partial charge in [0, 0.05) is 37.3 Å². The van der Waals surface area contributed by atoms with Gasteiger partial charge in [0.25, 0.3) is 0 Å². The first-order valence-corrected chi connectivity index (χ1v) is 7.94. The average molecular weight is 316 g/mol. The highest BCUT2D eigenvalue weighted by Gasteiger charge is 2.41. The van der Waals surface area contributed by atoms with E-state index in [-0.39, 0.29) is 11.8 Å². The quantitative estimate of drug-likeness (QED) is 0.805. The van der Waals surface area contributed by atoms with Crippen molar-refractivity contribution in [3.63, 3.8) is 0 Å². The summed E-state index contributed by atoms with van der Waals surface area (Å²) in [7, 11) is 0. The van der Waals surface area contributed by atoms with Crippen LogP contribution in [0.3, 0.4) is 0 Å². The Kier molecular flexibility index (Phi) is 5.47. The van der Waals surface area contributed by atoms with Gasteiger partial charge in [-0.2, -0.15) is 0 Å². The predicted octanol–water partition coefficient (Wildman–Crippen LogP) is 1.47. The van der Waals surface area contributed by atoms with Crippen LogP contribution in [0.15, 0.2) is 30.7 Å². The summed E-state index contributed by atoms with van der Waals surface area (Å²) in [4.78, 5) is 34.2. The Morgan fingerprint density at radius 1 is 1.43 bits per heavy atom. The molecule has 2 rings (SSSR count). The second kappa shape index (κ2) is 7.35. The minimum atomic E-state index is -0.647. The van der Waals surface area contributed by atoms with Crippen LogP contribution in [0.25, 0.3) is 0 Å². The normalized spacial score (nSPS) is 21.0. The van der Waals surface area contributed by atoms with Crippen molar-refractivity contribution in [2.45, 2.75) is 39.0 Å². The molecule has 1 aliphatic heterocycles. The van der Waals surface area contributed by atoms with Crippen molar-refractivity contribution in [1.29, 1.82) is 0 Å². The minimum absolute atomic E-state index is 0.0933. The van der Waals surface area contributed by atoms with Crippen LogP contribution in [0, 0.1) is 5.41 Å². The molecule has 0 aromatic carbocycles. The zero-order valence-electron chi connectivity index (χ0n) is 13.6. The third-order valence-electron chi connectivity index (χ3n) is 4.46. The minimum Gasteiger partial charge on any atom is -0.369 e. The lowest BCUT2D eigenvalue weighted by Gasteiger charge is -2.41. The van der Waals surface area contributed by atoms with E-state index in [2.05, 4.69) is 16.5 Å². The van der Waals surface area contributed by atoms with Gasteiger partial charge in [0.2, 0.25) is 11.8 Å². The van der Waals surface area contributed by atoms with Gasteiger partial charge in [-0.1, -0.05) is 6.58 Å². The van der Waals surface area contributed by atoms with Crippen LogP contribution in [0.1, 0.15) is 38.3 Å². The second-order valence-corrected chi connectivity index (χ2v) is 6.31. The predicted molar refractivity (Wildman–Crippen MR) is 87.2 cm³/mol. The average Bonchev–Trinajstić information content (AvgIpc) is 2.55. The van der Waals surface area contributed by atoms with Gasteiger partial charge in [0.1, 0.15) is 0 Å². The van der Waals surface area contributed by atoms with Crippen LogP contribution in [0.2, 0.25) is 0 Å².